The Morgan fingerprint density at radius 1 is 1.14 bits per heavy atom. The third kappa shape index (κ3) is 3.95. The van der Waals surface area contributed by atoms with Gasteiger partial charge in [-0.1, -0.05) is 12.1 Å². The van der Waals surface area contributed by atoms with E-state index in [9.17, 15) is 0 Å². The summed E-state index contributed by atoms with van der Waals surface area (Å²) in [5, 5.41) is 3.41. The van der Waals surface area contributed by atoms with Gasteiger partial charge in [0.1, 0.15) is 5.75 Å². The van der Waals surface area contributed by atoms with E-state index < -0.39 is 0 Å². The lowest BCUT2D eigenvalue weighted by atomic mass is 10.0. The van der Waals surface area contributed by atoms with Crippen molar-refractivity contribution < 1.29 is 4.74 Å². The molecule has 0 saturated carbocycles. The van der Waals surface area contributed by atoms with Crippen LogP contribution in [0.4, 0.5) is 5.95 Å². The summed E-state index contributed by atoms with van der Waals surface area (Å²) in [5.41, 5.74) is 1.33. The van der Waals surface area contributed by atoms with Crippen LogP contribution in [0.5, 0.6) is 5.75 Å². The Kier molecular flexibility index (Phi) is 4.85. The highest BCUT2D eigenvalue weighted by Gasteiger charge is 2.19. The van der Waals surface area contributed by atoms with Crippen molar-refractivity contribution in [3.63, 3.8) is 0 Å². The average Bonchev–Trinajstić information content (AvgIpc) is 2.58. The predicted octanol–water partition coefficient (Wildman–Crippen LogP) is 2.56. The maximum atomic E-state index is 5.20. The number of aromatic nitrogens is 2. The van der Waals surface area contributed by atoms with Crippen LogP contribution in [0, 0.1) is 0 Å². The number of benzene rings is 1. The number of piperidine rings is 1. The topological polar surface area (TPSA) is 50.3 Å². The van der Waals surface area contributed by atoms with Gasteiger partial charge in [0.15, 0.2) is 0 Å². The minimum Gasteiger partial charge on any atom is -0.497 e. The first-order valence-corrected chi connectivity index (χ1v) is 7.72. The molecule has 116 valence electrons. The molecule has 1 aliphatic heterocycles. The van der Waals surface area contributed by atoms with E-state index >= 15 is 0 Å². The van der Waals surface area contributed by atoms with Crippen molar-refractivity contribution in [2.24, 2.45) is 0 Å². The molecule has 0 bridgehead atoms. The van der Waals surface area contributed by atoms with E-state index in [1.807, 2.05) is 18.2 Å². The molecule has 5 nitrogen and oxygen atoms in total. The largest absolute Gasteiger partial charge is 0.497 e. The maximum absolute atomic E-state index is 5.20. The van der Waals surface area contributed by atoms with Gasteiger partial charge in [-0.2, -0.15) is 0 Å². The van der Waals surface area contributed by atoms with E-state index in [1.54, 1.807) is 19.5 Å². The second-order valence-electron chi connectivity index (χ2n) is 5.62. The molecule has 1 aromatic heterocycles. The van der Waals surface area contributed by atoms with Gasteiger partial charge in [0.2, 0.25) is 5.95 Å². The molecule has 0 unspecified atom stereocenters. The highest BCUT2D eigenvalue weighted by atomic mass is 16.5. The molecule has 3 rings (SSSR count). The van der Waals surface area contributed by atoms with Crippen LogP contribution in [-0.4, -0.2) is 41.1 Å². The zero-order valence-electron chi connectivity index (χ0n) is 12.9. The van der Waals surface area contributed by atoms with E-state index in [1.165, 1.54) is 5.56 Å². The number of nitrogens with zero attached hydrogens (tertiary/aromatic N) is 3. The van der Waals surface area contributed by atoms with Gasteiger partial charge >= 0.3 is 0 Å². The summed E-state index contributed by atoms with van der Waals surface area (Å²) in [4.78, 5) is 10.9. The Morgan fingerprint density at radius 3 is 2.45 bits per heavy atom. The van der Waals surface area contributed by atoms with Crippen molar-refractivity contribution in [1.82, 2.24) is 14.9 Å². The van der Waals surface area contributed by atoms with E-state index in [0.717, 1.165) is 44.2 Å². The SMILES string of the molecule is COc1ccc(CN2CCC(Nc3ncccn3)CC2)cc1. The molecule has 0 amide bonds. The fourth-order valence-corrected chi connectivity index (χ4v) is 2.78. The van der Waals surface area contributed by atoms with Gasteiger partial charge in [0.25, 0.3) is 0 Å². The van der Waals surface area contributed by atoms with Gasteiger partial charge in [-0.05, 0) is 36.6 Å². The van der Waals surface area contributed by atoms with Crippen LogP contribution in [0.2, 0.25) is 0 Å². The summed E-state index contributed by atoms with van der Waals surface area (Å²) in [5.74, 6) is 1.64. The van der Waals surface area contributed by atoms with Gasteiger partial charge in [0, 0.05) is 38.1 Å². The molecule has 1 N–H and O–H groups in total. The second kappa shape index (κ2) is 7.22. The van der Waals surface area contributed by atoms with Gasteiger partial charge in [-0.15, -0.1) is 0 Å². The fourth-order valence-electron chi connectivity index (χ4n) is 2.78. The van der Waals surface area contributed by atoms with Gasteiger partial charge in [0.05, 0.1) is 7.11 Å². The Bertz CT molecular complexity index is 565. The van der Waals surface area contributed by atoms with Crippen LogP contribution in [0.3, 0.4) is 0 Å². The van der Waals surface area contributed by atoms with Crippen molar-refractivity contribution >= 4 is 5.95 Å². The van der Waals surface area contributed by atoms with E-state index in [4.69, 9.17) is 4.74 Å². The summed E-state index contributed by atoms with van der Waals surface area (Å²) in [6.45, 7) is 3.19. The smallest absolute Gasteiger partial charge is 0.222 e. The Hall–Kier alpha value is -2.14. The first-order chi connectivity index (χ1) is 10.8. The number of ether oxygens (including phenoxy) is 1. The monoisotopic (exact) mass is 298 g/mol. The lowest BCUT2D eigenvalue weighted by molar-refractivity contribution is 0.211. The molecular weight excluding hydrogens is 276 g/mol. The lowest BCUT2D eigenvalue weighted by Crippen LogP contribution is -2.38. The predicted molar refractivity (Wildman–Crippen MR) is 86.9 cm³/mol. The third-order valence-corrected chi connectivity index (χ3v) is 4.05. The normalized spacial score (nSPS) is 16.4. The van der Waals surface area contributed by atoms with Crippen LogP contribution in [0.25, 0.3) is 0 Å². The summed E-state index contributed by atoms with van der Waals surface area (Å²) in [6.07, 6.45) is 5.78. The quantitative estimate of drug-likeness (QED) is 0.919. The average molecular weight is 298 g/mol. The lowest BCUT2D eigenvalue weighted by Gasteiger charge is -2.32. The van der Waals surface area contributed by atoms with Gasteiger partial charge < -0.3 is 10.1 Å². The minimum atomic E-state index is 0.467. The van der Waals surface area contributed by atoms with Gasteiger partial charge in [-0.3, -0.25) is 4.90 Å². The van der Waals surface area contributed by atoms with E-state index in [-0.39, 0.29) is 0 Å². The Balaban J connectivity index is 1.47. The molecule has 5 heteroatoms. The van der Waals surface area contributed by atoms with Crippen LogP contribution in [0.1, 0.15) is 18.4 Å². The molecule has 0 spiro atoms. The number of hydrogen-bond acceptors (Lipinski definition) is 5. The minimum absolute atomic E-state index is 0.467. The molecule has 0 radical (unpaired) electrons. The van der Waals surface area contributed by atoms with Crippen LogP contribution >= 0.6 is 0 Å². The molecule has 22 heavy (non-hydrogen) atoms. The number of rotatable bonds is 5. The fraction of sp³-hybridized carbons (Fsp3) is 0.412. The zero-order chi connectivity index (χ0) is 15.2. The second-order valence-corrected chi connectivity index (χ2v) is 5.62. The number of methoxy groups -OCH3 is 1. The highest BCUT2D eigenvalue weighted by Crippen LogP contribution is 2.18. The molecule has 1 aliphatic rings. The molecule has 1 aromatic carbocycles. The van der Waals surface area contributed by atoms with Crippen LogP contribution < -0.4 is 10.1 Å². The summed E-state index contributed by atoms with van der Waals surface area (Å²) in [7, 11) is 1.70. The molecule has 0 aliphatic carbocycles. The van der Waals surface area contributed by atoms with E-state index in [0.29, 0.717) is 6.04 Å². The summed E-state index contributed by atoms with van der Waals surface area (Å²) >= 11 is 0. The maximum Gasteiger partial charge on any atom is 0.222 e. The molecule has 1 fully saturated rings. The Labute approximate surface area is 131 Å². The molecule has 0 atom stereocenters. The molecule has 1 saturated heterocycles. The van der Waals surface area contributed by atoms with Crippen LogP contribution in [-0.2, 0) is 6.54 Å². The van der Waals surface area contributed by atoms with Gasteiger partial charge in [-0.25, -0.2) is 9.97 Å². The van der Waals surface area contributed by atoms with Crippen molar-refractivity contribution in [3.05, 3.63) is 48.3 Å². The number of anilines is 1. The van der Waals surface area contributed by atoms with Crippen molar-refractivity contribution in [2.75, 3.05) is 25.5 Å². The molecule has 2 aromatic rings. The zero-order valence-corrected chi connectivity index (χ0v) is 12.9. The molecular formula is C17H22N4O. The van der Waals surface area contributed by atoms with E-state index in [2.05, 4.69) is 32.3 Å². The molecule has 2 heterocycles. The third-order valence-electron chi connectivity index (χ3n) is 4.05. The standard InChI is InChI=1S/C17H22N4O/c1-22-16-5-3-14(4-6-16)13-21-11-7-15(8-12-21)20-17-18-9-2-10-19-17/h2-6,9-10,15H,7-8,11-13H2,1H3,(H,18,19,20). The number of likely N-dealkylation sites (tertiary alicyclic amines) is 1. The number of nitrogens with one attached hydrogen (secondary N) is 1. The first kappa shape index (κ1) is 14.8. The number of hydrogen-bond donors (Lipinski definition) is 1. The van der Waals surface area contributed by atoms with Crippen molar-refractivity contribution in [1.29, 1.82) is 0 Å². The summed E-state index contributed by atoms with van der Waals surface area (Å²) < 4.78 is 5.20. The Morgan fingerprint density at radius 2 is 1.82 bits per heavy atom. The van der Waals surface area contributed by atoms with Crippen molar-refractivity contribution in [2.45, 2.75) is 25.4 Å². The highest BCUT2D eigenvalue weighted by molar-refractivity contribution is 5.27. The summed E-state index contributed by atoms with van der Waals surface area (Å²) in [6, 6.07) is 10.6. The van der Waals surface area contributed by atoms with Crippen LogP contribution in [0.15, 0.2) is 42.7 Å². The van der Waals surface area contributed by atoms with Crippen molar-refractivity contribution in [3.8, 4) is 5.75 Å². The first-order valence-electron chi connectivity index (χ1n) is 7.72.